The molecule has 0 spiro atoms. The molecule has 0 aliphatic carbocycles. The number of hydrogen-bond donors (Lipinski definition) is 0. The van der Waals surface area contributed by atoms with Crippen LogP contribution in [0.25, 0.3) is 11.3 Å². The quantitative estimate of drug-likeness (QED) is 0.653. The van der Waals surface area contributed by atoms with Crippen molar-refractivity contribution in [2.75, 3.05) is 7.11 Å². The number of carbonyl (C=O) groups excluding carboxylic acids is 1. The Balaban J connectivity index is 1.94. The monoisotopic (exact) mass is 337 g/mol. The Labute approximate surface area is 144 Å². The third kappa shape index (κ3) is 4.20. The Morgan fingerprint density at radius 1 is 1.04 bits per heavy atom. The summed E-state index contributed by atoms with van der Waals surface area (Å²) in [7, 11) is 1.30. The Kier molecular flexibility index (Phi) is 5.04. The molecule has 1 aromatic heterocycles. The van der Waals surface area contributed by atoms with Crippen LogP contribution in [0.15, 0.2) is 66.7 Å². The van der Waals surface area contributed by atoms with Crippen LogP contribution in [0.5, 0.6) is 5.88 Å². The average Bonchev–Trinajstić information content (AvgIpc) is 2.66. The number of benzene rings is 2. The van der Waals surface area contributed by atoms with Crippen molar-refractivity contribution < 1.29 is 18.7 Å². The van der Waals surface area contributed by atoms with Gasteiger partial charge in [0.15, 0.2) is 0 Å². The summed E-state index contributed by atoms with van der Waals surface area (Å²) < 4.78 is 24.0. The van der Waals surface area contributed by atoms with Gasteiger partial charge < -0.3 is 9.47 Å². The first-order chi connectivity index (χ1) is 12.2. The molecule has 2 aromatic carbocycles. The molecule has 25 heavy (non-hydrogen) atoms. The predicted molar refractivity (Wildman–Crippen MR) is 91.7 cm³/mol. The summed E-state index contributed by atoms with van der Waals surface area (Å²) >= 11 is 0. The maximum absolute atomic E-state index is 13.5. The van der Waals surface area contributed by atoms with Gasteiger partial charge in [0, 0.05) is 11.6 Å². The van der Waals surface area contributed by atoms with E-state index in [1.807, 2.05) is 30.3 Å². The van der Waals surface area contributed by atoms with Crippen molar-refractivity contribution in [3.8, 4) is 17.1 Å². The highest BCUT2D eigenvalue weighted by molar-refractivity contribution is 5.91. The topological polar surface area (TPSA) is 48.4 Å². The van der Waals surface area contributed by atoms with Gasteiger partial charge in [0.2, 0.25) is 5.88 Å². The summed E-state index contributed by atoms with van der Waals surface area (Å²) in [5.41, 5.74) is 2.25. The molecule has 4 nitrogen and oxygen atoms in total. The van der Waals surface area contributed by atoms with Crippen LogP contribution in [0.3, 0.4) is 0 Å². The SMILES string of the molecule is COC(=O)c1cc(OCc2ccccc2)nc(-c2cccc(F)c2)c1. The maximum Gasteiger partial charge on any atom is 0.338 e. The zero-order valence-electron chi connectivity index (χ0n) is 13.6. The fraction of sp³-hybridized carbons (Fsp3) is 0.100. The number of halogens is 1. The number of pyridine rings is 1. The van der Waals surface area contributed by atoms with Crippen LogP contribution in [0.1, 0.15) is 15.9 Å². The molecule has 0 saturated heterocycles. The molecule has 0 N–H and O–H groups in total. The summed E-state index contributed by atoms with van der Waals surface area (Å²) in [4.78, 5) is 16.3. The standard InChI is InChI=1S/C20H16FNO3/c1-24-20(23)16-11-18(15-8-5-9-17(21)10-15)22-19(12-16)25-13-14-6-3-2-4-7-14/h2-12H,13H2,1H3. The van der Waals surface area contributed by atoms with Gasteiger partial charge >= 0.3 is 5.97 Å². The summed E-state index contributed by atoms with van der Waals surface area (Å²) in [5.74, 6) is -0.620. The fourth-order valence-corrected chi connectivity index (χ4v) is 2.34. The van der Waals surface area contributed by atoms with Crippen LogP contribution in [0.4, 0.5) is 4.39 Å². The minimum atomic E-state index is -0.510. The van der Waals surface area contributed by atoms with E-state index in [4.69, 9.17) is 9.47 Å². The molecule has 0 aliphatic rings. The molecule has 0 saturated carbocycles. The van der Waals surface area contributed by atoms with E-state index in [0.29, 0.717) is 23.4 Å². The fourth-order valence-electron chi connectivity index (χ4n) is 2.34. The van der Waals surface area contributed by atoms with Crippen LogP contribution in [0.2, 0.25) is 0 Å². The van der Waals surface area contributed by atoms with E-state index in [1.165, 1.54) is 25.3 Å². The van der Waals surface area contributed by atoms with Crippen LogP contribution in [0, 0.1) is 5.82 Å². The minimum Gasteiger partial charge on any atom is -0.473 e. The summed E-state index contributed by atoms with van der Waals surface area (Å²) in [6.45, 7) is 0.307. The van der Waals surface area contributed by atoms with E-state index in [0.717, 1.165) is 5.56 Å². The van der Waals surface area contributed by atoms with Gasteiger partial charge in [-0.1, -0.05) is 42.5 Å². The Morgan fingerprint density at radius 2 is 1.84 bits per heavy atom. The number of rotatable bonds is 5. The van der Waals surface area contributed by atoms with Gasteiger partial charge in [0.25, 0.3) is 0 Å². The first-order valence-electron chi connectivity index (χ1n) is 7.69. The lowest BCUT2D eigenvalue weighted by atomic mass is 10.1. The van der Waals surface area contributed by atoms with Gasteiger partial charge in [-0.3, -0.25) is 0 Å². The van der Waals surface area contributed by atoms with Gasteiger partial charge in [-0.15, -0.1) is 0 Å². The molecule has 0 unspecified atom stereocenters. The summed E-state index contributed by atoms with van der Waals surface area (Å²) in [6, 6.07) is 18.7. The van der Waals surface area contributed by atoms with Gasteiger partial charge in [-0.2, -0.15) is 0 Å². The van der Waals surface area contributed by atoms with Crippen LogP contribution < -0.4 is 4.74 Å². The number of ether oxygens (including phenoxy) is 2. The first kappa shape index (κ1) is 16.6. The molecular formula is C20H16FNO3. The van der Waals surface area contributed by atoms with Crippen LogP contribution in [-0.2, 0) is 11.3 Å². The zero-order chi connectivity index (χ0) is 17.6. The molecule has 3 rings (SSSR count). The van der Waals surface area contributed by atoms with Crippen molar-refractivity contribution in [1.29, 1.82) is 0 Å². The van der Waals surface area contributed by atoms with E-state index >= 15 is 0 Å². The number of aromatic nitrogens is 1. The second-order valence-electron chi connectivity index (χ2n) is 5.36. The number of esters is 1. The molecule has 0 fully saturated rings. The summed E-state index contributed by atoms with van der Waals surface area (Å²) in [5, 5.41) is 0. The normalized spacial score (nSPS) is 10.3. The zero-order valence-corrected chi connectivity index (χ0v) is 13.6. The summed E-state index contributed by atoms with van der Waals surface area (Å²) in [6.07, 6.45) is 0. The molecule has 126 valence electrons. The van der Waals surface area contributed by atoms with E-state index in [-0.39, 0.29) is 11.7 Å². The van der Waals surface area contributed by atoms with E-state index < -0.39 is 5.97 Å². The Bertz CT molecular complexity index is 881. The van der Waals surface area contributed by atoms with Crippen molar-refractivity contribution in [1.82, 2.24) is 4.98 Å². The molecular weight excluding hydrogens is 321 g/mol. The molecule has 0 radical (unpaired) electrons. The maximum atomic E-state index is 13.5. The average molecular weight is 337 g/mol. The molecule has 1 heterocycles. The molecule has 0 aliphatic heterocycles. The highest BCUT2D eigenvalue weighted by atomic mass is 19.1. The predicted octanol–water partition coefficient (Wildman–Crippen LogP) is 4.25. The lowest BCUT2D eigenvalue weighted by molar-refractivity contribution is 0.0600. The van der Waals surface area contributed by atoms with Gasteiger partial charge in [-0.25, -0.2) is 14.2 Å². The number of carbonyl (C=O) groups is 1. The molecule has 5 heteroatoms. The van der Waals surface area contributed by atoms with Crippen LogP contribution >= 0.6 is 0 Å². The van der Waals surface area contributed by atoms with Gasteiger partial charge in [0.1, 0.15) is 12.4 Å². The van der Waals surface area contributed by atoms with Crippen molar-refractivity contribution in [2.45, 2.75) is 6.61 Å². The van der Waals surface area contributed by atoms with E-state index in [2.05, 4.69) is 4.98 Å². The van der Waals surface area contributed by atoms with Crippen molar-refractivity contribution >= 4 is 5.97 Å². The highest BCUT2D eigenvalue weighted by Crippen LogP contribution is 2.24. The lowest BCUT2D eigenvalue weighted by Gasteiger charge is -2.10. The number of methoxy groups -OCH3 is 1. The minimum absolute atomic E-state index is 0.269. The van der Waals surface area contributed by atoms with Crippen molar-refractivity contribution in [2.24, 2.45) is 0 Å². The Morgan fingerprint density at radius 3 is 2.56 bits per heavy atom. The number of hydrogen-bond acceptors (Lipinski definition) is 4. The van der Waals surface area contributed by atoms with Crippen LogP contribution in [-0.4, -0.2) is 18.1 Å². The number of nitrogens with zero attached hydrogens (tertiary/aromatic N) is 1. The smallest absolute Gasteiger partial charge is 0.338 e. The molecule has 0 amide bonds. The third-order valence-electron chi connectivity index (χ3n) is 3.57. The van der Waals surface area contributed by atoms with E-state index in [1.54, 1.807) is 18.2 Å². The molecule has 0 atom stereocenters. The second-order valence-corrected chi connectivity index (χ2v) is 5.36. The van der Waals surface area contributed by atoms with Gasteiger partial charge in [0.05, 0.1) is 18.4 Å². The largest absolute Gasteiger partial charge is 0.473 e. The molecule has 0 bridgehead atoms. The van der Waals surface area contributed by atoms with Crippen molar-refractivity contribution in [3.63, 3.8) is 0 Å². The highest BCUT2D eigenvalue weighted by Gasteiger charge is 2.13. The Hall–Kier alpha value is -3.21. The molecule has 3 aromatic rings. The lowest BCUT2D eigenvalue weighted by Crippen LogP contribution is -2.05. The first-order valence-corrected chi connectivity index (χ1v) is 7.69. The third-order valence-corrected chi connectivity index (χ3v) is 3.57. The van der Waals surface area contributed by atoms with E-state index in [9.17, 15) is 9.18 Å². The second kappa shape index (κ2) is 7.57. The van der Waals surface area contributed by atoms with Crippen molar-refractivity contribution in [3.05, 3.63) is 83.7 Å². The van der Waals surface area contributed by atoms with Gasteiger partial charge in [-0.05, 0) is 23.8 Å².